The summed E-state index contributed by atoms with van der Waals surface area (Å²) < 4.78 is 7.84. The summed E-state index contributed by atoms with van der Waals surface area (Å²) in [5, 5.41) is 2.93. The summed E-state index contributed by atoms with van der Waals surface area (Å²) in [5.74, 6) is 0.515. The lowest BCUT2D eigenvalue weighted by molar-refractivity contribution is 0.0953. The lowest BCUT2D eigenvalue weighted by Gasteiger charge is -2.08. The van der Waals surface area contributed by atoms with Crippen molar-refractivity contribution >= 4 is 11.6 Å². The van der Waals surface area contributed by atoms with Crippen molar-refractivity contribution in [1.29, 1.82) is 0 Å². The van der Waals surface area contributed by atoms with Gasteiger partial charge in [0.2, 0.25) is 0 Å². The number of imidazole rings is 1. The molecule has 0 fully saturated rings. The number of aryl methyl sites for hydroxylation is 1. The molecule has 0 saturated carbocycles. The molecule has 4 aromatic rings. The van der Waals surface area contributed by atoms with E-state index < -0.39 is 0 Å². The van der Waals surface area contributed by atoms with Crippen molar-refractivity contribution in [2.24, 2.45) is 0 Å². The predicted molar refractivity (Wildman–Crippen MR) is 111 cm³/mol. The van der Waals surface area contributed by atoms with E-state index >= 15 is 0 Å². The highest BCUT2D eigenvalue weighted by atomic mass is 16.5. The van der Waals surface area contributed by atoms with E-state index in [9.17, 15) is 4.79 Å². The molecule has 0 aliphatic carbocycles. The van der Waals surface area contributed by atoms with Gasteiger partial charge in [0, 0.05) is 36.9 Å². The summed E-state index contributed by atoms with van der Waals surface area (Å²) in [5.41, 5.74) is 4.55. The quantitative estimate of drug-likeness (QED) is 0.527. The fourth-order valence-electron chi connectivity index (χ4n) is 3.08. The number of rotatable bonds is 7. The molecule has 29 heavy (non-hydrogen) atoms. The lowest BCUT2D eigenvalue weighted by atomic mass is 10.2. The van der Waals surface area contributed by atoms with Crippen LogP contribution in [0, 0.1) is 6.92 Å². The maximum Gasteiger partial charge on any atom is 0.251 e. The summed E-state index contributed by atoms with van der Waals surface area (Å²) in [7, 11) is 0. The van der Waals surface area contributed by atoms with Crippen molar-refractivity contribution < 1.29 is 9.53 Å². The van der Waals surface area contributed by atoms with E-state index in [-0.39, 0.29) is 5.91 Å². The summed E-state index contributed by atoms with van der Waals surface area (Å²) in [6.45, 7) is 2.94. The molecule has 0 spiro atoms. The van der Waals surface area contributed by atoms with Gasteiger partial charge in [-0.2, -0.15) is 0 Å². The van der Waals surface area contributed by atoms with E-state index in [2.05, 4.69) is 15.3 Å². The number of pyridine rings is 2. The van der Waals surface area contributed by atoms with Gasteiger partial charge in [0.05, 0.1) is 5.69 Å². The topological polar surface area (TPSA) is 68.5 Å². The number of benzene rings is 1. The number of ether oxygens (including phenoxy) is 1. The average molecular weight is 386 g/mol. The smallest absolute Gasteiger partial charge is 0.251 e. The van der Waals surface area contributed by atoms with Crippen LogP contribution in [0.1, 0.15) is 27.2 Å². The monoisotopic (exact) mass is 386 g/mol. The number of aromatic nitrogens is 3. The first-order chi connectivity index (χ1) is 14.2. The van der Waals surface area contributed by atoms with Gasteiger partial charge in [0.1, 0.15) is 18.0 Å². The van der Waals surface area contributed by atoms with Crippen LogP contribution >= 0.6 is 0 Å². The second-order valence-corrected chi connectivity index (χ2v) is 6.89. The van der Waals surface area contributed by atoms with Crippen molar-refractivity contribution in [3.8, 4) is 5.75 Å². The molecule has 0 aliphatic rings. The molecule has 1 amide bonds. The third kappa shape index (κ3) is 4.79. The van der Waals surface area contributed by atoms with Crippen LogP contribution in [0.5, 0.6) is 5.75 Å². The Morgan fingerprint density at radius 3 is 2.93 bits per heavy atom. The molecule has 0 saturated heterocycles. The second kappa shape index (κ2) is 8.56. The largest absolute Gasteiger partial charge is 0.487 e. The number of fused-ring (bicyclic) bond motifs is 1. The predicted octanol–water partition coefficient (Wildman–Crippen LogP) is 3.59. The maximum absolute atomic E-state index is 12.4. The summed E-state index contributed by atoms with van der Waals surface area (Å²) in [6, 6.07) is 15.1. The standard InChI is InChI=1S/C23H22N4O2/c1-17-7-8-22-26-20(15-27(22)14-17)16-29-21-6-2-5-19(12-21)23(28)25-11-9-18-4-3-10-24-13-18/h2-8,10,12-15H,9,11,16H2,1H3,(H,25,28). The Kier molecular flexibility index (Phi) is 5.52. The van der Waals surface area contributed by atoms with Crippen molar-refractivity contribution in [3.63, 3.8) is 0 Å². The van der Waals surface area contributed by atoms with Crippen molar-refractivity contribution in [3.05, 3.63) is 95.7 Å². The molecule has 0 aliphatic heterocycles. The van der Waals surface area contributed by atoms with Crippen LogP contribution in [0.15, 0.2) is 73.3 Å². The number of carbonyl (C=O) groups is 1. The van der Waals surface area contributed by atoms with Gasteiger partial charge in [0.25, 0.3) is 5.91 Å². The van der Waals surface area contributed by atoms with E-state index in [1.807, 2.05) is 60.1 Å². The Bertz CT molecular complexity index is 1120. The minimum atomic E-state index is -0.123. The zero-order chi connectivity index (χ0) is 20.1. The van der Waals surface area contributed by atoms with Crippen LogP contribution in [0.25, 0.3) is 5.65 Å². The number of hydrogen-bond donors (Lipinski definition) is 1. The Morgan fingerprint density at radius 1 is 1.14 bits per heavy atom. The number of carbonyl (C=O) groups excluding carboxylic acids is 1. The second-order valence-electron chi connectivity index (χ2n) is 6.89. The van der Waals surface area contributed by atoms with Gasteiger partial charge in [0.15, 0.2) is 0 Å². The van der Waals surface area contributed by atoms with Crippen LogP contribution in [0.2, 0.25) is 0 Å². The number of nitrogens with zero attached hydrogens (tertiary/aromatic N) is 3. The molecule has 0 atom stereocenters. The van der Waals surface area contributed by atoms with Crippen LogP contribution in [-0.2, 0) is 13.0 Å². The van der Waals surface area contributed by atoms with Gasteiger partial charge in [-0.15, -0.1) is 0 Å². The Labute approximate surface area is 169 Å². The molecule has 4 rings (SSSR count). The van der Waals surface area contributed by atoms with Gasteiger partial charge in [-0.05, 0) is 54.8 Å². The van der Waals surface area contributed by atoms with E-state index in [1.165, 1.54) is 5.56 Å². The first kappa shape index (κ1) is 18.7. The molecule has 6 heteroatoms. The molecule has 146 valence electrons. The van der Waals surface area contributed by atoms with E-state index in [0.717, 1.165) is 23.3 Å². The minimum Gasteiger partial charge on any atom is -0.487 e. The minimum absolute atomic E-state index is 0.123. The van der Waals surface area contributed by atoms with E-state index in [1.54, 1.807) is 24.5 Å². The summed E-state index contributed by atoms with van der Waals surface area (Å²) in [6.07, 6.45) is 8.27. The fraction of sp³-hybridized carbons (Fsp3) is 0.174. The first-order valence-corrected chi connectivity index (χ1v) is 9.51. The normalized spacial score (nSPS) is 10.8. The van der Waals surface area contributed by atoms with Crippen molar-refractivity contribution in [2.75, 3.05) is 6.54 Å². The van der Waals surface area contributed by atoms with Gasteiger partial charge in [-0.25, -0.2) is 4.98 Å². The number of amides is 1. The summed E-state index contributed by atoms with van der Waals surface area (Å²) >= 11 is 0. The van der Waals surface area contributed by atoms with Crippen molar-refractivity contribution in [2.45, 2.75) is 20.0 Å². The molecule has 0 unspecified atom stereocenters. The Balaban J connectivity index is 1.34. The van der Waals surface area contributed by atoms with Crippen LogP contribution in [0.3, 0.4) is 0 Å². The van der Waals surface area contributed by atoms with Crippen molar-refractivity contribution in [1.82, 2.24) is 19.7 Å². The Morgan fingerprint density at radius 2 is 2.07 bits per heavy atom. The average Bonchev–Trinajstić information content (AvgIpc) is 3.15. The lowest BCUT2D eigenvalue weighted by Crippen LogP contribution is -2.25. The highest BCUT2D eigenvalue weighted by molar-refractivity contribution is 5.94. The fourth-order valence-corrected chi connectivity index (χ4v) is 3.08. The Hall–Kier alpha value is -3.67. The van der Waals surface area contributed by atoms with Gasteiger partial charge >= 0.3 is 0 Å². The zero-order valence-electron chi connectivity index (χ0n) is 16.2. The molecular formula is C23H22N4O2. The van der Waals surface area contributed by atoms with E-state index in [0.29, 0.717) is 24.5 Å². The maximum atomic E-state index is 12.4. The molecule has 1 aromatic carbocycles. The van der Waals surface area contributed by atoms with Crippen LogP contribution in [0.4, 0.5) is 0 Å². The first-order valence-electron chi connectivity index (χ1n) is 9.51. The molecule has 3 heterocycles. The van der Waals surface area contributed by atoms with E-state index in [4.69, 9.17) is 4.74 Å². The van der Waals surface area contributed by atoms with Gasteiger partial charge in [-0.3, -0.25) is 9.78 Å². The van der Waals surface area contributed by atoms with Crippen LogP contribution < -0.4 is 10.1 Å². The third-order valence-corrected chi connectivity index (χ3v) is 4.55. The third-order valence-electron chi connectivity index (χ3n) is 4.55. The van der Waals surface area contributed by atoms with Gasteiger partial charge in [-0.1, -0.05) is 18.2 Å². The highest BCUT2D eigenvalue weighted by Crippen LogP contribution is 2.16. The zero-order valence-corrected chi connectivity index (χ0v) is 16.2. The highest BCUT2D eigenvalue weighted by Gasteiger charge is 2.08. The van der Waals surface area contributed by atoms with Gasteiger partial charge < -0.3 is 14.5 Å². The number of hydrogen-bond acceptors (Lipinski definition) is 4. The molecule has 0 radical (unpaired) electrons. The van der Waals surface area contributed by atoms with Crippen LogP contribution in [-0.4, -0.2) is 26.8 Å². The molecule has 6 nitrogen and oxygen atoms in total. The molecule has 0 bridgehead atoms. The SMILES string of the molecule is Cc1ccc2nc(COc3cccc(C(=O)NCCc4cccnc4)c3)cn2c1. The molecule has 1 N–H and O–H groups in total. The number of nitrogens with one attached hydrogen (secondary N) is 1. The molecule has 3 aromatic heterocycles. The summed E-state index contributed by atoms with van der Waals surface area (Å²) in [4.78, 5) is 21.0. The molecular weight excluding hydrogens is 364 g/mol.